The monoisotopic (exact) mass is 566 g/mol. The minimum Gasteiger partial charge on any atom is -0.507 e. The van der Waals surface area contributed by atoms with Crippen LogP contribution in [-0.2, 0) is 17.5 Å². The van der Waals surface area contributed by atoms with Gasteiger partial charge in [0.05, 0.1) is 31.5 Å². The average Bonchev–Trinajstić information content (AvgIpc) is 2.95. The zero-order valence-electron chi connectivity index (χ0n) is 22.0. The Balaban J connectivity index is 1.32. The molecule has 0 bridgehead atoms. The van der Waals surface area contributed by atoms with Gasteiger partial charge in [-0.2, -0.15) is 23.3 Å². The van der Waals surface area contributed by atoms with Gasteiger partial charge in [-0.25, -0.2) is 9.37 Å². The van der Waals surface area contributed by atoms with Crippen molar-refractivity contribution >= 4 is 23.1 Å². The molecule has 41 heavy (non-hydrogen) atoms. The molecule has 1 aliphatic rings. The number of phenols is 1. The van der Waals surface area contributed by atoms with Gasteiger partial charge in [0.15, 0.2) is 11.6 Å². The van der Waals surface area contributed by atoms with Crippen LogP contribution in [0.5, 0.6) is 5.75 Å². The van der Waals surface area contributed by atoms with Crippen molar-refractivity contribution in [3.05, 3.63) is 89.4 Å². The molecule has 212 valence electrons. The Bertz CT molecular complexity index is 1570. The van der Waals surface area contributed by atoms with Crippen LogP contribution in [0.1, 0.15) is 16.7 Å². The lowest BCUT2D eigenvalue weighted by atomic mass is 10.0. The molecule has 2 N–H and O–H groups in total. The fourth-order valence-corrected chi connectivity index (χ4v) is 4.42. The van der Waals surface area contributed by atoms with Crippen LogP contribution in [0.25, 0.3) is 11.1 Å². The first-order valence-corrected chi connectivity index (χ1v) is 12.8. The lowest BCUT2D eigenvalue weighted by molar-refractivity contribution is -0.137. The third-order valence-electron chi connectivity index (χ3n) is 6.53. The lowest BCUT2D eigenvalue weighted by Gasteiger charge is -2.27. The van der Waals surface area contributed by atoms with Crippen LogP contribution < -0.4 is 10.2 Å². The van der Waals surface area contributed by atoms with Gasteiger partial charge in [0.25, 0.3) is 5.95 Å². The van der Waals surface area contributed by atoms with E-state index in [1.165, 1.54) is 6.07 Å². The number of benzene rings is 3. The minimum atomic E-state index is -4.57. The molecule has 2 heterocycles. The number of para-hydroxylation sites is 1. The summed E-state index contributed by atoms with van der Waals surface area (Å²) in [5.41, 5.74) is 2.13. The number of nitrogens with zero attached hydrogens (tertiary/aromatic N) is 5. The SMILES string of the molecule is Cc1cc(Nc2cc(-c3ccccc3O)cc(C(F)(F)F)c2)ccc1CN=Nc1ncc(F)c(N2CCOCC2)n1. The maximum Gasteiger partial charge on any atom is 0.416 e. The molecule has 1 fully saturated rings. The Morgan fingerprint density at radius 2 is 1.80 bits per heavy atom. The summed E-state index contributed by atoms with van der Waals surface area (Å²) in [4.78, 5) is 9.85. The number of aromatic nitrogens is 2. The molecule has 0 atom stereocenters. The van der Waals surface area contributed by atoms with Crippen molar-refractivity contribution in [3.8, 4) is 16.9 Å². The molecule has 1 aliphatic heterocycles. The van der Waals surface area contributed by atoms with E-state index in [0.29, 0.717) is 37.6 Å². The molecule has 8 nitrogen and oxygen atoms in total. The first-order chi connectivity index (χ1) is 19.7. The van der Waals surface area contributed by atoms with E-state index in [0.717, 1.165) is 29.5 Å². The molecule has 0 radical (unpaired) electrons. The molecular formula is C29H26F4N6O2. The largest absolute Gasteiger partial charge is 0.507 e. The highest BCUT2D eigenvalue weighted by Crippen LogP contribution is 2.38. The molecule has 12 heteroatoms. The van der Waals surface area contributed by atoms with Gasteiger partial charge in [0, 0.05) is 30.0 Å². The fraction of sp³-hybridized carbons (Fsp3) is 0.241. The van der Waals surface area contributed by atoms with Crippen LogP contribution in [0.4, 0.5) is 40.7 Å². The van der Waals surface area contributed by atoms with Crippen LogP contribution in [0.3, 0.4) is 0 Å². The van der Waals surface area contributed by atoms with Crippen molar-refractivity contribution in [2.75, 3.05) is 36.5 Å². The number of azo groups is 1. The zero-order valence-corrected chi connectivity index (χ0v) is 22.0. The second kappa shape index (κ2) is 11.9. The van der Waals surface area contributed by atoms with E-state index < -0.39 is 17.6 Å². The summed E-state index contributed by atoms with van der Waals surface area (Å²) in [5.74, 6) is -0.466. The number of aromatic hydroxyl groups is 1. The maximum absolute atomic E-state index is 14.2. The number of anilines is 3. The van der Waals surface area contributed by atoms with E-state index in [9.17, 15) is 22.7 Å². The van der Waals surface area contributed by atoms with E-state index in [2.05, 4.69) is 25.5 Å². The third-order valence-corrected chi connectivity index (χ3v) is 6.53. The molecule has 0 spiro atoms. The maximum atomic E-state index is 14.2. The molecule has 4 aromatic rings. The summed E-state index contributed by atoms with van der Waals surface area (Å²) >= 11 is 0. The lowest BCUT2D eigenvalue weighted by Crippen LogP contribution is -2.37. The summed E-state index contributed by atoms with van der Waals surface area (Å²) < 4.78 is 60.5. The van der Waals surface area contributed by atoms with Gasteiger partial charge in [-0.05, 0) is 60.0 Å². The quantitative estimate of drug-likeness (QED) is 0.182. The number of hydrogen-bond donors (Lipinski definition) is 2. The van der Waals surface area contributed by atoms with Crippen LogP contribution in [0.15, 0.2) is 77.1 Å². The van der Waals surface area contributed by atoms with Crippen molar-refractivity contribution < 1.29 is 27.4 Å². The molecular weight excluding hydrogens is 540 g/mol. The second-order valence-corrected chi connectivity index (χ2v) is 9.42. The second-order valence-electron chi connectivity index (χ2n) is 9.42. The number of phenolic OH excluding ortho intramolecular Hbond substituents is 1. The highest BCUT2D eigenvalue weighted by atomic mass is 19.4. The van der Waals surface area contributed by atoms with Gasteiger partial charge in [0.1, 0.15) is 5.75 Å². The Labute approximate surface area is 233 Å². The summed E-state index contributed by atoms with van der Waals surface area (Å²) in [6.45, 7) is 4.04. The van der Waals surface area contributed by atoms with Gasteiger partial charge in [-0.15, -0.1) is 5.11 Å². The van der Waals surface area contributed by atoms with E-state index in [4.69, 9.17) is 4.74 Å². The highest BCUT2D eigenvalue weighted by Gasteiger charge is 2.31. The van der Waals surface area contributed by atoms with Crippen molar-refractivity contribution in [3.63, 3.8) is 0 Å². The molecule has 1 saturated heterocycles. The number of alkyl halides is 3. The molecule has 0 saturated carbocycles. The number of morpholine rings is 1. The smallest absolute Gasteiger partial charge is 0.416 e. The van der Waals surface area contributed by atoms with Crippen LogP contribution in [-0.4, -0.2) is 41.4 Å². The number of hydrogen-bond acceptors (Lipinski definition) is 8. The van der Waals surface area contributed by atoms with Gasteiger partial charge < -0.3 is 20.1 Å². The summed E-state index contributed by atoms with van der Waals surface area (Å²) in [7, 11) is 0. The summed E-state index contributed by atoms with van der Waals surface area (Å²) in [5, 5.41) is 21.4. The normalized spacial score (nSPS) is 14.0. The third kappa shape index (κ3) is 6.77. The number of halogens is 4. The van der Waals surface area contributed by atoms with Crippen molar-refractivity contribution in [1.82, 2.24) is 9.97 Å². The predicted octanol–water partition coefficient (Wildman–Crippen LogP) is 7.18. The number of nitrogens with one attached hydrogen (secondary N) is 1. The number of rotatable bonds is 7. The van der Waals surface area contributed by atoms with Gasteiger partial charge in [-0.1, -0.05) is 24.3 Å². The molecule has 5 rings (SSSR count). The van der Waals surface area contributed by atoms with Crippen molar-refractivity contribution in [2.45, 2.75) is 19.6 Å². The van der Waals surface area contributed by atoms with Crippen molar-refractivity contribution in [2.24, 2.45) is 10.2 Å². The Hall–Kier alpha value is -4.58. The highest BCUT2D eigenvalue weighted by molar-refractivity contribution is 5.76. The van der Waals surface area contributed by atoms with Gasteiger partial charge in [-0.3, -0.25) is 0 Å². The molecule has 1 aromatic heterocycles. The number of aryl methyl sites for hydroxylation is 1. The van der Waals surface area contributed by atoms with Crippen molar-refractivity contribution in [1.29, 1.82) is 0 Å². The first kappa shape index (κ1) is 28.0. The van der Waals surface area contributed by atoms with Crippen LogP contribution in [0, 0.1) is 12.7 Å². The minimum absolute atomic E-state index is 0.0358. The Kier molecular flexibility index (Phi) is 8.11. The summed E-state index contributed by atoms with van der Waals surface area (Å²) in [6, 6.07) is 15.1. The summed E-state index contributed by atoms with van der Waals surface area (Å²) in [6.07, 6.45) is -3.50. The van der Waals surface area contributed by atoms with Gasteiger partial charge >= 0.3 is 6.18 Å². The molecule has 0 amide bonds. The van der Waals surface area contributed by atoms with Crippen LogP contribution in [0.2, 0.25) is 0 Å². The topological polar surface area (TPSA) is 95.2 Å². The fourth-order valence-electron chi connectivity index (χ4n) is 4.42. The molecule has 0 aliphatic carbocycles. The number of ether oxygens (including phenoxy) is 1. The molecule has 3 aromatic carbocycles. The average molecular weight is 567 g/mol. The van der Waals surface area contributed by atoms with E-state index in [1.54, 1.807) is 47.4 Å². The van der Waals surface area contributed by atoms with E-state index in [1.807, 2.05) is 6.92 Å². The van der Waals surface area contributed by atoms with E-state index in [-0.39, 0.29) is 35.3 Å². The van der Waals surface area contributed by atoms with Gasteiger partial charge in [0.2, 0.25) is 0 Å². The van der Waals surface area contributed by atoms with E-state index >= 15 is 0 Å². The van der Waals surface area contributed by atoms with Crippen LogP contribution >= 0.6 is 0 Å². The Morgan fingerprint density at radius 1 is 1.02 bits per heavy atom. The molecule has 0 unspecified atom stereocenters. The predicted molar refractivity (Wildman–Crippen MR) is 146 cm³/mol. The standard InChI is InChI=1S/C29H26F4N6O2/c1-18-12-22(36-23-14-20(13-21(15-23)29(31,32)33)24-4-2-3-5-26(24)40)7-6-19(18)16-35-38-28-34-17-25(30)27(37-28)39-8-10-41-11-9-39/h2-7,12-15,17,36,40H,8-11,16H2,1H3. The zero-order chi connectivity index (χ0) is 29.0. The Morgan fingerprint density at radius 3 is 2.54 bits per heavy atom. The first-order valence-electron chi connectivity index (χ1n) is 12.8.